The van der Waals surface area contributed by atoms with Crippen molar-refractivity contribution in [3.05, 3.63) is 17.3 Å². The van der Waals surface area contributed by atoms with Crippen molar-refractivity contribution >= 4 is 5.82 Å². The monoisotopic (exact) mass is 248 g/mol. The summed E-state index contributed by atoms with van der Waals surface area (Å²) in [5.41, 5.74) is 2.52. The van der Waals surface area contributed by atoms with Gasteiger partial charge in [-0.25, -0.2) is 0 Å². The van der Waals surface area contributed by atoms with Crippen LogP contribution in [0.25, 0.3) is 0 Å². The summed E-state index contributed by atoms with van der Waals surface area (Å²) in [6.45, 7) is 11.0. The van der Waals surface area contributed by atoms with E-state index >= 15 is 0 Å². The van der Waals surface area contributed by atoms with Crippen LogP contribution in [0.2, 0.25) is 0 Å². The molecule has 0 fully saturated rings. The van der Waals surface area contributed by atoms with Crippen LogP contribution in [-0.4, -0.2) is 34.7 Å². The molecular formula is C14H24N4. The lowest BCUT2D eigenvalue weighted by molar-refractivity contribution is 0.224. The van der Waals surface area contributed by atoms with Crippen LogP contribution in [0.5, 0.6) is 0 Å². The van der Waals surface area contributed by atoms with Crippen molar-refractivity contribution in [2.24, 2.45) is 5.92 Å². The molecule has 1 aliphatic rings. The van der Waals surface area contributed by atoms with Crippen molar-refractivity contribution in [1.82, 2.24) is 15.1 Å². The van der Waals surface area contributed by atoms with Gasteiger partial charge in [0.15, 0.2) is 0 Å². The first-order valence-electron chi connectivity index (χ1n) is 7.00. The molecule has 0 amide bonds. The van der Waals surface area contributed by atoms with Gasteiger partial charge in [-0.2, -0.15) is 5.10 Å². The molecule has 4 nitrogen and oxygen atoms in total. The van der Waals surface area contributed by atoms with Gasteiger partial charge >= 0.3 is 0 Å². The van der Waals surface area contributed by atoms with Gasteiger partial charge in [0, 0.05) is 32.6 Å². The lowest BCUT2D eigenvalue weighted by atomic mass is 10.0. The second-order valence-electron chi connectivity index (χ2n) is 5.51. The summed E-state index contributed by atoms with van der Waals surface area (Å²) in [6.07, 6.45) is 2.14. The van der Waals surface area contributed by atoms with Gasteiger partial charge in [0.05, 0.1) is 5.69 Å². The van der Waals surface area contributed by atoms with E-state index in [0.29, 0.717) is 0 Å². The number of rotatable bonds is 5. The molecule has 0 radical (unpaired) electrons. The smallest absolute Gasteiger partial charge is 0.148 e. The fourth-order valence-electron chi connectivity index (χ4n) is 2.40. The molecule has 0 unspecified atom stereocenters. The fourth-order valence-corrected chi connectivity index (χ4v) is 2.40. The zero-order valence-corrected chi connectivity index (χ0v) is 11.7. The minimum Gasteiger partial charge on any atom is -0.369 e. The highest BCUT2D eigenvalue weighted by molar-refractivity contribution is 5.38. The Morgan fingerprint density at radius 3 is 2.94 bits per heavy atom. The van der Waals surface area contributed by atoms with E-state index in [1.807, 2.05) is 0 Å². The van der Waals surface area contributed by atoms with E-state index in [0.717, 1.165) is 44.2 Å². The fraction of sp³-hybridized carbons (Fsp3) is 0.714. The molecule has 1 aromatic rings. The van der Waals surface area contributed by atoms with Crippen LogP contribution in [0.4, 0.5) is 5.82 Å². The van der Waals surface area contributed by atoms with Gasteiger partial charge < -0.3 is 5.32 Å². The molecule has 0 aromatic carbocycles. The van der Waals surface area contributed by atoms with E-state index in [4.69, 9.17) is 0 Å². The maximum Gasteiger partial charge on any atom is 0.148 e. The van der Waals surface area contributed by atoms with Gasteiger partial charge in [-0.1, -0.05) is 20.8 Å². The molecule has 100 valence electrons. The summed E-state index contributed by atoms with van der Waals surface area (Å²) in [4.78, 5) is 2.51. The Hall–Kier alpha value is -1.16. The Balaban J connectivity index is 2.04. The molecule has 1 N–H and O–H groups in total. The first-order chi connectivity index (χ1) is 8.69. The summed E-state index contributed by atoms with van der Waals surface area (Å²) in [7, 11) is 0. The van der Waals surface area contributed by atoms with Crippen molar-refractivity contribution in [1.29, 1.82) is 0 Å². The lowest BCUT2D eigenvalue weighted by Gasteiger charge is -2.29. The third-order valence-corrected chi connectivity index (χ3v) is 3.20. The van der Waals surface area contributed by atoms with E-state index < -0.39 is 0 Å². The summed E-state index contributed by atoms with van der Waals surface area (Å²) in [5, 5.41) is 11.9. The van der Waals surface area contributed by atoms with Crippen molar-refractivity contribution < 1.29 is 0 Å². The first kappa shape index (κ1) is 13.3. The minimum atomic E-state index is 0.721. The Kier molecular flexibility index (Phi) is 4.53. The number of hydrogen-bond acceptors (Lipinski definition) is 4. The zero-order chi connectivity index (χ0) is 13.0. The summed E-state index contributed by atoms with van der Waals surface area (Å²) >= 11 is 0. The van der Waals surface area contributed by atoms with Crippen molar-refractivity contribution in [2.75, 3.05) is 25.0 Å². The highest BCUT2D eigenvalue weighted by atomic mass is 15.2. The SMILES string of the molecule is CCCNc1cc2c(nn1)CCN(CC(C)C)C2. The summed E-state index contributed by atoms with van der Waals surface area (Å²) in [6, 6.07) is 2.17. The Morgan fingerprint density at radius 2 is 2.22 bits per heavy atom. The third kappa shape index (κ3) is 3.42. The van der Waals surface area contributed by atoms with E-state index in [9.17, 15) is 0 Å². The van der Waals surface area contributed by atoms with Crippen LogP contribution >= 0.6 is 0 Å². The number of fused-ring (bicyclic) bond motifs is 1. The molecule has 0 atom stereocenters. The van der Waals surface area contributed by atoms with Crippen LogP contribution in [0.1, 0.15) is 38.4 Å². The largest absolute Gasteiger partial charge is 0.369 e. The Labute approximate surface area is 110 Å². The molecular weight excluding hydrogens is 224 g/mol. The molecule has 0 aliphatic carbocycles. The van der Waals surface area contributed by atoms with E-state index in [2.05, 4.69) is 47.3 Å². The molecule has 0 saturated heterocycles. The van der Waals surface area contributed by atoms with Gasteiger partial charge in [-0.15, -0.1) is 5.10 Å². The number of anilines is 1. The number of hydrogen-bond donors (Lipinski definition) is 1. The van der Waals surface area contributed by atoms with Crippen molar-refractivity contribution in [3.63, 3.8) is 0 Å². The van der Waals surface area contributed by atoms with Crippen molar-refractivity contribution in [2.45, 2.75) is 40.2 Å². The molecule has 4 heteroatoms. The molecule has 0 spiro atoms. The number of nitrogens with zero attached hydrogens (tertiary/aromatic N) is 3. The van der Waals surface area contributed by atoms with E-state index in [1.165, 1.54) is 17.8 Å². The van der Waals surface area contributed by atoms with Gasteiger partial charge in [0.2, 0.25) is 0 Å². The molecule has 1 aliphatic heterocycles. The van der Waals surface area contributed by atoms with Crippen LogP contribution in [0.3, 0.4) is 0 Å². The molecule has 2 rings (SSSR count). The molecule has 0 saturated carbocycles. The average molecular weight is 248 g/mol. The van der Waals surface area contributed by atoms with Crippen LogP contribution < -0.4 is 5.32 Å². The Morgan fingerprint density at radius 1 is 1.39 bits per heavy atom. The van der Waals surface area contributed by atoms with Gasteiger partial charge in [0.25, 0.3) is 0 Å². The Bertz CT molecular complexity index is 389. The van der Waals surface area contributed by atoms with Crippen LogP contribution in [-0.2, 0) is 13.0 Å². The molecule has 1 aromatic heterocycles. The number of aromatic nitrogens is 2. The van der Waals surface area contributed by atoms with Gasteiger partial charge in [-0.3, -0.25) is 4.90 Å². The highest BCUT2D eigenvalue weighted by Crippen LogP contribution is 2.19. The zero-order valence-electron chi connectivity index (χ0n) is 11.7. The molecule has 0 bridgehead atoms. The van der Waals surface area contributed by atoms with E-state index in [1.54, 1.807) is 0 Å². The van der Waals surface area contributed by atoms with Gasteiger partial charge in [-0.05, 0) is 24.0 Å². The second-order valence-corrected chi connectivity index (χ2v) is 5.51. The quantitative estimate of drug-likeness (QED) is 0.868. The van der Waals surface area contributed by atoms with E-state index in [-0.39, 0.29) is 0 Å². The predicted octanol–water partition coefficient (Wildman–Crippen LogP) is 2.31. The summed E-state index contributed by atoms with van der Waals surface area (Å²) < 4.78 is 0. The third-order valence-electron chi connectivity index (χ3n) is 3.20. The second kappa shape index (κ2) is 6.14. The lowest BCUT2D eigenvalue weighted by Crippen LogP contribution is -2.34. The maximum atomic E-state index is 4.35. The van der Waals surface area contributed by atoms with Crippen molar-refractivity contribution in [3.8, 4) is 0 Å². The first-order valence-corrected chi connectivity index (χ1v) is 7.00. The topological polar surface area (TPSA) is 41.1 Å². The average Bonchev–Trinajstić information content (AvgIpc) is 2.35. The summed E-state index contributed by atoms with van der Waals surface area (Å²) in [5.74, 6) is 1.64. The van der Waals surface area contributed by atoms with Crippen LogP contribution in [0, 0.1) is 5.92 Å². The minimum absolute atomic E-state index is 0.721. The molecule has 18 heavy (non-hydrogen) atoms. The predicted molar refractivity (Wildman–Crippen MR) is 74.6 cm³/mol. The molecule has 2 heterocycles. The van der Waals surface area contributed by atoms with Crippen LogP contribution in [0.15, 0.2) is 6.07 Å². The maximum absolute atomic E-state index is 4.35. The highest BCUT2D eigenvalue weighted by Gasteiger charge is 2.18. The van der Waals surface area contributed by atoms with Gasteiger partial charge in [0.1, 0.15) is 5.82 Å². The number of nitrogens with one attached hydrogen (secondary N) is 1. The normalized spacial score (nSPS) is 15.8. The standard InChI is InChI=1S/C14H24N4/c1-4-6-15-14-8-12-10-18(9-11(2)3)7-5-13(12)16-17-14/h8,11H,4-7,9-10H2,1-3H3,(H,15,17).